The number of thiocarbonyl (C=S) groups is 1. The summed E-state index contributed by atoms with van der Waals surface area (Å²) in [5.41, 5.74) is 9.75. The van der Waals surface area contributed by atoms with Crippen molar-refractivity contribution in [2.24, 2.45) is 0 Å². The van der Waals surface area contributed by atoms with E-state index in [4.69, 9.17) is 23.2 Å². The molecule has 0 atom stereocenters. The minimum absolute atomic E-state index is 0.0916. The van der Waals surface area contributed by atoms with Gasteiger partial charge >= 0.3 is 0 Å². The number of nitrogens with zero attached hydrogens (tertiary/aromatic N) is 5. The van der Waals surface area contributed by atoms with E-state index in [2.05, 4.69) is 30.0 Å². The molecule has 4 aromatic carbocycles. The molecule has 6 aromatic rings. The van der Waals surface area contributed by atoms with Gasteiger partial charge in [0.1, 0.15) is 15.4 Å². The maximum absolute atomic E-state index is 13.4. The number of rotatable bonds is 13. The van der Waals surface area contributed by atoms with Gasteiger partial charge in [0.25, 0.3) is 0 Å². The van der Waals surface area contributed by atoms with Gasteiger partial charge in [-0.05, 0) is 152 Å². The zero-order valence-corrected chi connectivity index (χ0v) is 49.0. The molecule has 0 aliphatic rings. The molecule has 0 bridgehead atoms. The number of sulfonamides is 2. The number of aromatic nitrogens is 2. The van der Waals surface area contributed by atoms with Gasteiger partial charge in [0.05, 0.1) is 19.5 Å². The van der Waals surface area contributed by atoms with Gasteiger partial charge in [-0.3, -0.25) is 9.59 Å². The van der Waals surface area contributed by atoms with Crippen LogP contribution in [-0.4, -0.2) is 80.2 Å². The Morgan fingerprint density at radius 2 is 1.08 bits per heavy atom. The number of nitrogens with two attached hydrogens (primary N) is 1. The Morgan fingerprint density at radius 1 is 0.689 bits per heavy atom. The van der Waals surface area contributed by atoms with Crippen LogP contribution in [0.2, 0.25) is 0 Å². The second-order valence-corrected chi connectivity index (χ2v) is 26.6. The number of thiazole rings is 2. The largest absolute Gasteiger partial charge is 0.399 e. The van der Waals surface area contributed by atoms with E-state index >= 15 is 0 Å². The Labute approximate surface area is 454 Å². The van der Waals surface area contributed by atoms with Crippen LogP contribution in [0, 0.1) is 10.7 Å². The molecule has 0 unspecified atom stereocenters. The molecule has 2 amide bonds. The van der Waals surface area contributed by atoms with Crippen LogP contribution in [0.1, 0.15) is 83.1 Å². The number of carbonyl (C=O) groups is 2. The molecule has 16 nitrogen and oxygen atoms in total. The Balaban J connectivity index is 0.000000292. The molecule has 0 saturated heterocycles. The Bertz CT molecular complexity index is 3190. The van der Waals surface area contributed by atoms with Gasteiger partial charge in [0, 0.05) is 108 Å². The van der Waals surface area contributed by atoms with Gasteiger partial charge in [0.15, 0.2) is 5.11 Å². The number of benzene rings is 4. The van der Waals surface area contributed by atoms with Gasteiger partial charge in [0.2, 0.25) is 31.9 Å². The summed E-state index contributed by atoms with van der Waals surface area (Å²) in [4.78, 5) is 37.2. The minimum Gasteiger partial charge on any atom is -0.399 e. The summed E-state index contributed by atoms with van der Waals surface area (Å²) < 4.78 is 58.7. The fourth-order valence-electron chi connectivity index (χ4n) is 6.49. The number of nitrogen functional groups attached to an aromatic ring is 1. The third-order valence-corrected chi connectivity index (χ3v) is 16.5. The zero-order chi connectivity index (χ0) is 55.5. The van der Waals surface area contributed by atoms with Crippen LogP contribution in [-0.2, 0) is 29.6 Å². The van der Waals surface area contributed by atoms with E-state index in [1.54, 1.807) is 104 Å². The molecule has 0 aliphatic heterocycles. The van der Waals surface area contributed by atoms with Crippen molar-refractivity contribution in [2.75, 3.05) is 34.9 Å². The predicted octanol–water partition coefficient (Wildman–Crippen LogP) is 11.0. The summed E-state index contributed by atoms with van der Waals surface area (Å²) in [6.07, 6.45) is 3.34. The molecule has 6 N–H and O–H groups in total. The number of nitriles is 1. The lowest BCUT2D eigenvalue weighted by molar-refractivity contribution is -0.117. The van der Waals surface area contributed by atoms with Crippen molar-refractivity contribution in [3.63, 3.8) is 0 Å². The van der Waals surface area contributed by atoms with Gasteiger partial charge in [-0.15, -0.1) is 22.7 Å². The quantitative estimate of drug-likeness (QED) is 0.0411. The van der Waals surface area contributed by atoms with Crippen molar-refractivity contribution in [2.45, 2.75) is 115 Å². The first-order valence-electron chi connectivity index (χ1n) is 23.2. The highest BCUT2D eigenvalue weighted by molar-refractivity contribution is 8.04. The Hall–Kier alpha value is -5.77. The van der Waals surface area contributed by atoms with E-state index < -0.39 is 31.1 Å². The number of nitrogens with one attached hydrogen (secondary N) is 4. The van der Waals surface area contributed by atoms with Crippen molar-refractivity contribution in [3.05, 3.63) is 97.3 Å². The fourth-order valence-corrected chi connectivity index (χ4v) is 12.4. The topological polar surface area (TPSA) is 233 Å². The number of carbonyl (C=O) groups excluding carboxylic acids is 2. The standard InChI is InChI=1S/C26H33N5O3S3.C22H26N4O3S2.C4H7NS/c1-16(2)28-25(35)29-19-10-8-18(9-11-19)24-27-15-22(36-24)21-13-12-20(31(7)17(3)32)14-23(21)37(33,34)30-26(4,5)6;1-14(27)26(5)17-10-11-18(20(12-17)31(28,29)25-22(2,3)4)19-13-24-21(30-19)15-6-8-16(23)9-7-15;1-4(2)6-3-5/h8-16,30H,1-7H3,(H2,28,29,35);6-13,25H,23H2,1-5H3;4H,1-2H3. The second kappa shape index (κ2) is 25.6. The summed E-state index contributed by atoms with van der Waals surface area (Å²) in [5, 5.41) is 18.7. The van der Waals surface area contributed by atoms with Crippen molar-refractivity contribution in [1.82, 2.24) is 24.7 Å². The van der Waals surface area contributed by atoms with E-state index in [1.807, 2.05) is 69.5 Å². The maximum Gasteiger partial charge on any atom is 0.241 e. The van der Waals surface area contributed by atoms with E-state index in [0.717, 1.165) is 26.8 Å². The summed E-state index contributed by atoms with van der Waals surface area (Å²) >= 11 is 9.38. The Kier molecular flexibility index (Phi) is 21.1. The number of thiocyanates is 1. The highest BCUT2D eigenvalue weighted by atomic mass is 32.2. The van der Waals surface area contributed by atoms with Gasteiger partial charge in [-0.1, -0.05) is 26.0 Å². The normalized spacial score (nSPS) is 11.7. The average molecular weight is 1120 g/mol. The maximum atomic E-state index is 13.4. The third-order valence-electron chi connectivity index (χ3n) is 9.91. The lowest BCUT2D eigenvalue weighted by Gasteiger charge is -2.23. The fraction of sp³-hybridized carbons (Fsp3) is 0.346. The minimum atomic E-state index is -3.90. The van der Waals surface area contributed by atoms with Crippen LogP contribution in [0.5, 0.6) is 0 Å². The van der Waals surface area contributed by atoms with Crippen LogP contribution in [0.15, 0.2) is 107 Å². The lowest BCUT2D eigenvalue weighted by Crippen LogP contribution is -2.40. The van der Waals surface area contributed by atoms with E-state index in [-0.39, 0.29) is 27.6 Å². The molecule has 0 aliphatic carbocycles. The molecule has 0 radical (unpaired) electrons. The van der Waals surface area contributed by atoms with Crippen LogP contribution in [0.3, 0.4) is 0 Å². The molecule has 2 aromatic heterocycles. The van der Waals surface area contributed by atoms with E-state index in [0.29, 0.717) is 48.3 Å². The van der Waals surface area contributed by atoms with Crippen LogP contribution in [0.25, 0.3) is 42.0 Å². The summed E-state index contributed by atoms with van der Waals surface area (Å²) in [6, 6.07) is 25.2. The van der Waals surface area contributed by atoms with Crippen molar-refractivity contribution >= 4 is 106 Å². The molecule has 0 saturated carbocycles. The summed E-state index contributed by atoms with van der Waals surface area (Å²) in [7, 11) is -4.54. The van der Waals surface area contributed by atoms with E-state index in [1.165, 1.54) is 70.2 Å². The number of amides is 2. The zero-order valence-electron chi connectivity index (χ0n) is 44.1. The second-order valence-electron chi connectivity index (χ2n) is 19.5. The SMILES string of the molecule is CC(=O)N(C)c1ccc(-c2cnc(-c3ccc(N)cc3)s2)c(S(=O)(=O)NC(C)(C)C)c1.CC(=O)N(C)c1ccc(-c2cnc(-c3ccc(NC(=S)NC(C)C)cc3)s2)c(S(=O)(=O)NC(C)(C)C)c1.CC(C)SC#N. The van der Waals surface area contributed by atoms with Gasteiger partial charge < -0.3 is 26.2 Å². The van der Waals surface area contributed by atoms with Crippen molar-refractivity contribution in [3.8, 4) is 47.4 Å². The number of thioether (sulfide) groups is 1. The van der Waals surface area contributed by atoms with Crippen LogP contribution in [0.4, 0.5) is 22.7 Å². The average Bonchev–Trinajstić information content (AvgIpc) is 3.99. The monoisotopic (exact) mass is 1120 g/mol. The third kappa shape index (κ3) is 18.0. The smallest absolute Gasteiger partial charge is 0.241 e. The van der Waals surface area contributed by atoms with Crippen LogP contribution < -0.4 is 35.6 Å². The first-order valence-corrected chi connectivity index (χ1v) is 29.0. The molecule has 74 heavy (non-hydrogen) atoms. The van der Waals surface area contributed by atoms with E-state index in [9.17, 15) is 26.4 Å². The molecule has 6 rings (SSSR count). The molecular formula is C52H66N10O6S6. The molecule has 0 fully saturated rings. The Morgan fingerprint density at radius 3 is 1.41 bits per heavy atom. The molecule has 22 heteroatoms. The molecule has 0 spiro atoms. The predicted molar refractivity (Wildman–Crippen MR) is 312 cm³/mol. The molecule has 396 valence electrons. The van der Waals surface area contributed by atoms with Gasteiger partial charge in [-0.25, -0.2) is 36.2 Å². The molecule has 2 heterocycles. The summed E-state index contributed by atoms with van der Waals surface area (Å²) in [5.74, 6) is -0.387. The highest BCUT2D eigenvalue weighted by Gasteiger charge is 2.29. The first-order chi connectivity index (χ1) is 34.3. The summed E-state index contributed by atoms with van der Waals surface area (Å²) in [6.45, 7) is 21.6. The van der Waals surface area contributed by atoms with Gasteiger partial charge in [-0.2, -0.15) is 5.26 Å². The number of hydrogen-bond donors (Lipinski definition) is 5. The molecular weight excluding hydrogens is 1050 g/mol. The van der Waals surface area contributed by atoms with Crippen molar-refractivity contribution in [1.29, 1.82) is 5.26 Å². The number of anilines is 4. The lowest BCUT2D eigenvalue weighted by atomic mass is 10.1. The first kappa shape index (κ1) is 60.8. The highest BCUT2D eigenvalue weighted by Crippen LogP contribution is 2.39. The van der Waals surface area contributed by atoms with Crippen molar-refractivity contribution < 1.29 is 26.4 Å². The number of hydrogen-bond acceptors (Lipinski definition) is 14. The van der Waals surface area contributed by atoms with Crippen LogP contribution >= 0.6 is 46.7 Å².